The number of aromatic nitrogens is 2. The second-order valence-electron chi connectivity index (χ2n) is 4.53. The smallest absolute Gasteiger partial charge is 0.348 e. The molecule has 0 amide bonds. The minimum Gasteiger partial charge on any atom is -0.465 e. The maximum absolute atomic E-state index is 12.4. The van der Waals surface area contributed by atoms with Crippen molar-refractivity contribution in [3.05, 3.63) is 49.5 Å². The molecular formula is C14H9Cl2N3O3S. The lowest BCUT2D eigenvalue weighted by Crippen LogP contribution is -2.23. The number of halogens is 2. The van der Waals surface area contributed by atoms with Crippen molar-refractivity contribution in [2.75, 3.05) is 12.8 Å². The van der Waals surface area contributed by atoms with Gasteiger partial charge in [-0.2, -0.15) is 0 Å². The number of ether oxygens (including phenoxy) is 1. The Morgan fingerprint density at radius 2 is 2.09 bits per heavy atom. The summed E-state index contributed by atoms with van der Waals surface area (Å²) in [7, 11) is 1.28. The first-order chi connectivity index (χ1) is 10.9. The van der Waals surface area contributed by atoms with Gasteiger partial charge in [-0.3, -0.25) is 9.36 Å². The molecule has 0 bridgehead atoms. The number of nitrogens with zero attached hydrogens (tertiary/aromatic N) is 2. The quantitative estimate of drug-likeness (QED) is 0.701. The highest BCUT2D eigenvalue weighted by Gasteiger charge is 2.18. The van der Waals surface area contributed by atoms with Gasteiger partial charge < -0.3 is 10.5 Å². The topological polar surface area (TPSA) is 87.2 Å². The number of methoxy groups -OCH3 is 1. The van der Waals surface area contributed by atoms with Gasteiger partial charge in [0, 0.05) is 5.02 Å². The maximum atomic E-state index is 12.4. The van der Waals surface area contributed by atoms with Gasteiger partial charge in [0.05, 0.1) is 23.3 Å². The second kappa shape index (κ2) is 5.84. The van der Waals surface area contributed by atoms with Crippen LogP contribution in [0.3, 0.4) is 0 Å². The lowest BCUT2D eigenvalue weighted by molar-refractivity contribution is 0.0606. The summed E-state index contributed by atoms with van der Waals surface area (Å²) < 4.78 is 6.00. The molecule has 2 N–H and O–H groups in total. The Balaban J connectivity index is 2.38. The molecular weight excluding hydrogens is 361 g/mol. The monoisotopic (exact) mass is 369 g/mol. The van der Waals surface area contributed by atoms with E-state index in [0.29, 0.717) is 25.9 Å². The van der Waals surface area contributed by atoms with Crippen LogP contribution in [-0.2, 0) is 4.74 Å². The Morgan fingerprint density at radius 3 is 2.74 bits per heavy atom. The number of esters is 1. The van der Waals surface area contributed by atoms with E-state index in [4.69, 9.17) is 33.7 Å². The van der Waals surface area contributed by atoms with E-state index >= 15 is 0 Å². The first-order valence-electron chi connectivity index (χ1n) is 6.28. The largest absolute Gasteiger partial charge is 0.465 e. The van der Waals surface area contributed by atoms with E-state index < -0.39 is 11.5 Å². The Morgan fingerprint density at radius 1 is 1.35 bits per heavy atom. The van der Waals surface area contributed by atoms with Crippen molar-refractivity contribution < 1.29 is 9.53 Å². The van der Waals surface area contributed by atoms with Crippen LogP contribution in [-0.4, -0.2) is 22.6 Å². The molecule has 1 aromatic carbocycles. The van der Waals surface area contributed by atoms with E-state index in [-0.39, 0.29) is 10.8 Å². The van der Waals surface area contributed by atoms with Gasteiger partial charge >= 0.3 is 5.97 Å². The zero-order valence-electron chi connectivity index (χ0n) is 11.7. The molecule has 3 rings (SSSR count). The molecule has 9 heteroatoms. The molecule has 2 aromatic heterocycles. The summed E-state index contributed by atoms with van der Waals surface area (Å²) in [6, 6.07) is 6.23. The average Bonchev–Trinajstić information content (AvgIpc) is 2.92. The number of nitrogen functional groups attached to an aromatic ring is 1. The first kappa shape index (κ1) is 15.8. The highest BCUT2D eigenvalue weighted by atomic mass is 35.5. The van der Waals surface area contributed by atoms with Gasteiger partial charge in [-0.25, -0.2) is 9.78 Å². The van der Waals surface area contributed by atoms with Crippen LogP contribution in [0.4, 0.5) is 5.82 Å². The maximum Gasteiger partial charge on any atom is 0.348 e. The zero-order chi connectivity index (χ0) is 16.7. The molecule has 6 nitrogen and oxygen atoms in total. The summed E-state index contributed by atoms with van der Waals surface area (Å²) in [4.78, 5) is 28.9. The summed E-state index contributed by atoms with van der Waals surface area (Å²) in [5.74, 6) is -0.713. The standard InChI is InChI=1S/C14H9Cl2N3O3S/c1-22-14(21)10-5-9-12(23-10)18-11(17)13(20)19(9)8-3-2-6(15)4-7(8)16/h2-5H,1H3,(H2,17,18). The molecule has 0 saturated carbocycles. The third-order valence-corrected chi connectivity index (χ3v) is 4.65. The summed E-state index contributed by atoms with van der Waals surface area (Å²) >= 11 is 13.2. The van der Waals surface area contributed by atoms with E-state index in [1.54, 1.807) is 12.1 Å². The summed E-state index contributed by atoms with van der Waals surface area (Å²) in [6.45, 7) is 0. The normalized spacial score (nSPS) is 10.9. The Hall–Kier alpha value is -2.09. The van der Waals surface area contributed by atoms with Gasteiger partial charge in [0.25, 0.3) is 5.56 Å². The number of hydrogen-bond acceptors (Lipinski definition) is 6. The number of fused-ring (bicyclic) bond motifs is 1. The van der Waals surface area contributed by atoms with Crippen molar-refractivity contribution in [3.8, 4) is 5.69 Å². The van der Waals surface area contributed by atoms with Gasteiger partial charge in [-0.15, -0.1) is 11.3 Å². The molecule has 0 saturated heterocycles. The van der Waals surface area contributed by atoms with Crippen molar-refractivity contribution in [2.24, 2.45) is 0 Å². The number of nitrogens with two attached hydrogens (primary N) is 1. The van der Waals surface area contributed by atoms with E-state index in [0.717, 1.165) is 11.3 Å². The van der Waals surface area contributed by atoms with Gasteiger partial charge in [0.2, 0.25) is 0 Å². The van der Waals surface area contributed by atoms with Crippen molar-refractivity contribution in [1.29, 1.82) is 0 Å². The van der Waals surface area contributed by atoms with Crippen molar-refractivity contribution in [3.63, 3.8) is 0 Å². The number of carbonyl (C=O) groups excluding carboxylic acids is 1. The summed E-state index contributed by atoms with van der Waals surface area (Å²) in [5.41, 5.74) is 5.98. The van der Waals surface area contributed by atoms with E-state index in [2.05, 4.69) is 4.98 Å². The number of anilines is 1. The molecule has 0 unspecified atom stereocenters. The van der Waals surface area contributed by atoms with Gasteiger partial charge in [0.15, 0.2) is 5.82 Å². The Labute approximate surface area is 144 Å². The average molecular weight is 370 g/mol. The van der Waals surface area contributed by atoms with Crippen molar-refractivity contribution >= 4 is 56.7 Å². The zero-order valence-corrected chi connectivity index (χ0v) is 14.0. The second-order valence-corrected chi connectivity index (χ2v) is 6.40. The third-order valence-electron chi connectivity index (χ3n) is 3.12. The van der Waals surface area contributed by atoms with Crippen LogP contribution in [0.5, 0.6) is 0 Å². The summed E-state index contributed by atoms with van der Waals surface area (Å²) in [6.07, 6.45) is 0. The third kappa shape index (κ3) is 2.67. The van der Waals surface area contributed by atoms with Gasteiger partial charge in [-0.1, -0.05) is 23.2 Å². The molecule has 118 valence electrons. The Kier molecular flexibility index (Phi) is 4.01. The van der Waals surface area contributed by atoms with Crippen molar-refractivity contribution in [1.82, 2.24) is 9.55 Å². The minimum absolute atomic E-state index is 0.193. The van der Waals surface area contributed by atoms with Crippen LogP contribution in [0, 0.1) is 0 Å². The van der Waals surface area contributed by atoms with E-state index in [1.165, 1.54) is 23.8 Å². The number of hydrogen-bond donors (Lipinski definition) is 1. The fourth-order valence-corrected chi connectivity index (χ4v) is 3.53. The van der Waals surface area contributed by atoms with Crippen LogP contribution < -0.4 is 11.3 Å². The highest BCUT2D eigenvalue weighted by molar-refractivity contribution is 7.20. The Bertz CT molecular complexity index is 997. The number of carbonyl (C=O) groups is 1. The fraction of sp³-hybridized carbons (Fsp3) is 0.0714. The number of rotatable bonds is 2. The van der Waals surface area contributed by atoms with E-state index in [9.17, 15) is 9.59 Å². The molecule has 0 radical (unpaired) electrons. The fourth-order valence-electron chi connectivity index (χ4n) is 2.10. The predicted octanol–water partition coefficient (Wildman–Crippen LogP) is 3.12. The van der Waals surface area contributed by atoms with Crippen LogP contribution in [0.25, 0.3) is 16.0 Å². The van der Waals surface area contributed by atoms with Crippen LogP contribution >= 0.6 is 34.5 Å². The molecule has 2 heterocycles. The number of benzene rings is 1. The molecule has 0 aliphatic rings. The van der Waals surface area contributed by atoms with Gasteiger partial charge in [-0.05, 0) is 24.3 Å². The molecule has 3 aromatic rings. The van der Waals surface area contributed by atoms with Crippen LogP contribution in [0.1, 0.15) is 9.67 Å². The minimum atomic E-state index is -0.532. The predicted molar refractivity (Wildman–Crippen MR) is 91.0 cm³/mol. The lowest BCUT2D eigenvalue weighted by atomic mass is 10.3. The highest BCUT2D eigenvalue weighted by Crippen LogP contribution is 2.29. The molecule has 0 spiro atoms. The van der Waals surface area contributed by atoms with Crippen molar-refractivity contribution in [2.45, 2.75) is 0 Å². The van der Waals surface area contributed by atoms with Gasteiger partial charge in [0.1, 0.15) is 9.71 Å². The molecule has 23 heavy (non-hydrogen) atoms. The SMILES string of the molecule is COC(=O)c1cc2c(nc(N)c(=O)n2-c2ccc(Cl)cc2Cl)s1. The molecule has 0 aliphatic carbocycles. The van der Waals surface area contributed by atoms with E-state index in [1.807, 2.05) is 0 Å². The lowest BCUT2D eigenvalue weighted by Gasteiger charge is -2.10. The molecule has 0 atom stereocenters. The molecule has 0 aliphatic heterocycles. The van der Waals surface area contributed by atoms with Crippen LogP contribution in [0.2, 0.25) is 10.0 Å². The molecule has 0 fully saturated rings. The van der Waals surface area contributed by atoms with Crippen LogP contribution in [0.15, 0.2) is 29.1 Å². The summed E-state index contributed by atoms with van der Waals surface area (Å²) in [5, 5.41) is 0.711. The number of thiophene rings is 1. The first-order valence-corrected chi connectivity index (χ1v) is 7.85.